The number of amides is 2. The van der Waals surface area contributed by atoms with Crippen molar-refractivity contribution >= 4 is 39.0 Å². The summed E-state index contributed by atoms with van der Waals surface area (Å²) in [7, 11) is 0. The highest BCUT2D eigenvalue weighted by molar-refractivity contribution is 7.17. The molecule has 0 fully saturated rings. The van der Waals surface area contributed by atoms with E-state index < -0.39 is 11.9 Å². The van der Waals surface area contributed by atoms with Gasteiger partial charge in [0.15, 0.2) is 5.78 Å². The van der Waals surface area contributed by atoms with E-state index in [0.29, 0.717) is 5.56 Å². The summed E-state index contributed by atoms with van der Waals surface area (Å²) in [6, 6.07) is 6.97. The minimum absolute atomic E-state index is 0.0412. The number of hydrogen-bond donors (Lipinski definition) is 2. The third kappa shape index (κ3) is 4.16. The van der Waals surface area contributed by atoms with Crippen LogP contribution in [0.25, 0.3) is 10.1 Å². The predicted molar refractivity (Wildman–Crippen MR) is 91.4 cm³/mol. The molecule has 0 spiro atoms. The molecule has 0 radical (unpaired) electrons. The summed E-state index contributed by atoms with van der Waals surface area (Å²) in [5, 5.41) is 5.33. The number of primary amides is 1. The Morgan fingerprint density at radius 1 is 1.17 bits per heavy atom. The van der Waals surface area contributed by atoms with Gasteiger partial charge >= 0.3 is 0 Å². The molecule has 0 unspecified atom stereocenters. The van der Waals surface area contributed by atoms with E-state index in [0.717, 1.165) is 10.1 Å². The molecule has 0 saturated heterocycles. The summed E-state index contributed by atoms with van der Waals surface area (Å²) in [6.07, 6.45) is 0.148. The number of benzene rings is 1. The number of carbonyl (C=O) groups is 3. The number of hydrogen-bond acceptors (Lipinski definition) is 4. The molecule has 0 aliphatic rings. The summed E-state index contributed by atoms with van der Waals surface area (Å²) in [5.74, 6) is -1.07. The van der Waals surface area contributed by atoms with Crippen LogP contribution in [0.4, 0.5) is 0 Å². The van der Waals surface area contributed by atoms with Crippen LogP contribution in [0.5, 0.6) is 0 Å². The average Bonchev–Trinajstić information content (AvgIpc) is 2.93. The topological polar surface area (TPSA) is 89.3 Å². The van der Waals surface area contributed by atoms with Crippen LogP contribution in [0.2, 0.25) is 0 Å². The molecule has 122 valence electrons. The Morgan fingerprint density at radius 2 is 1.87 bits per heavy atom. The number of thiophene rings is 1. The van der Waals surface area contributed by atoms with Crippen LogP contribution in [0.1, 0.15) is 37.0 Å². The Labute approximate surface area is 138 Å². The second-order valence-corrected chi connectivity index (χ2v) is 6.67. The quantitative estimate of drug-likeness (QED) is 0.763. The first-order chi connectivity index (χ1) is 10.9. The van der Waals surface area contributed by atoms with Gasteiger partial charge in [-0.1, -0.05) is 32.0 Å². The van der Waals surface area contributed by atoms with E-state index in [4.69, 9.17) is 5.73 Å². The van der Waals surface area contributed by atoms with Gasteiger partial charge in [-0.3, -0.25) is 14.4 Å². The zero-order chi connectivity index (χ0) is 17.0. The predicted octanol–water partition coefficient (Wildman–Crippen LogP) is 2.49. The number of fused-ring (bicyclic) bond motifs is 1. The van der Waals surface area contributed by atoms with E-state index in [1.54, 1.807) is 13.8 Å². The van der Waals surface area contributed by atoms with E-state index in [9.17, 15) is 14.4 Å². The average molecular weight is 332 g/mol. The molecule has 23 heavy (non-hydrogen) atoms. The van der Waals surface area contributed by atoms with Crippen molar-refractivity contribution in [3.63, 3.8) is 0 Å². The van der Waals surface area contributed by atoms with Crippen LogP contribution >= 0.6 is 11.3 Å². The highest BCUT2D eigenvalue weighted by atomic mass is 32.1. The molecule has 2 amide bonds. The summed E-state index contributed by atoms with van der Waals surface area (Å²) >= 11 is 1.51. The first-order valence-electron chi connectivity index (χ1n) is 7.48. The number of rotatable bonds is 7. The third-order valence-electron chi connectivity index (χ3n) is 3.65. The SMILES string of the molecule is CC(C)[C@@H](NC(=O)CCC(=O)c1csc2ccccc12)C(N)=O. The van der Waals surface area contributed by atoms with Crippen LogP contribution in [0.15, 0.2) is 29.6 Å². The van der Waals surface area contributed by atoms with Crippen molar-refractivity contribution in [2.75, 3.05) is 0 Å². The Balaban J connectivity index is 1.96. The van der Waals surface area contributed by atoms with Crippen molar-refractivity contribution in [1.82, 2.24) is 5.32 Å². The van der Waals surface area contributed by atoms with Gasteiger partial charge in [-0.2, -0.15) is 0 Å². The summed E-state index contributed by atoms with van der Waals surface area (Å²) < 4.78 is 1.05. The zero-order valence-electron chi connectivity index (χ0n) is 13.2. The lowest BCUT2D eigenvalue weighted by atomic mass is 10.0. The molecule has 1 aromatic heterocycles. The number of carbonyl (C=O) groups excluding carboxylic acids is 3. The van der Waals surface area contributed by atoms with Gasteiger partial charge in [0.05, 0.1) is 0 Å². The molecule has 6 heteroatoms. The van der Waals surface area contributed by atoms with Crippen molar-refractivity contribution in [1.29, 1.82) is 0 Å². The third-order valence-corrected chi connectivity index (χ3v) is 4.61. The van der Waals surface area contributed by atoms with E-state index in [1.807, 2.05) is 29.6 Å². The molecular formula is C17H20N2O3S. The van der Waals surface area contributed by atoms with Crippen molar-refractivity contribution in [2.24, 2.45) is 11.7 Å². The molecule has 0 bridgehead atoms. The molecule has 0 aliphatic carbocycles. The molecule has 0 saturated carbocycles. The second kappa shape index (κ2) is 7.37. The van der Waals surface area contributed by atoms with Gasteiger partial charge in [0.1, 0.15) is 6.04 Å². The standard InChI is InChI=1S/C17H20N2O3S/c1-10(2)16(17(18)22)19-15(21)8-7-13(20)12-9-23-14-6-4-3-5-11(12)14/h3-6,9-10,16H,7-8H2,1-2H3,(H2,18,22)(H,19,21)/t16-/m1/s1. The van der Waals surface area contributed by atoms with E-state index in [1.165, 1.54) is 11.3 Å². The largest absolute Gasteiger partial charge is 0.368 e. The number of nitrogens with one attached hydrogen (secondary N) is 1. The summed E-state index contributed by atoms with van der Waals surface area (Å²) in [6.45, 7) is 3.61. The van der Waals surface area contributed by atoms with Gasteiger partial charge in [0.2, 0.25) is 11.8 Å². The fraction of sp³-hybridized carbons (Fsp3) is 0.353. The molecule has 3 N–H and O–H groups in total. The minimum atomic E-state index is -0.709. The van der Waals surface area contributed by atoms with Gasteiger partial charge < -0.3 is 11.1 Å². The van der Waals surface area contributed by atoms with E-state index >= 15 is 0 Å². The Bertz CT molecular complexity index is 736. The fourth-order valence-corrected chi connectivity index (χ4v) is 3.33. The maximum absolute atomic E-state index is 12.3. The lowest BCUT2D eigenvalue weighted by Crippen LogP contribution is -2.47. The molecular weight excluding hydrogens is 312 g/mol. The van der Waals surface area contributed by atoms with Crippen molar-refractivity contribution in [3.05, 3.63) is 35.2 Å². The Kier molecular flexibility index (Phi) is 5.50. The summed E-state index contributed by atoms with van der Waals surface area (Å²) in [5.41, 5.74) is 5.91. The van der Waals surface area contributed by atoms with Crippen LogP contribution in [-0.2, 0) is 9.59 Å². The first kappa shape index (κ1) is 17.1. The van der Waals surface area contributed by atoms with Crippen molar-refractivity contribution in [3.8, 4) is 0 Å². The van der Waals surface area contributed by atoms with Gasteiger partial charge in [-0.25, -0.2) is 0 Å². The van der Waals surface area contributed by atoms with E-state index in [2.05, 4.69) is 5.32 Å². The van der Waals surface area contributed by atoms with Gasteiger partial charge in [-0.15, -0.1) is 11.3 Å². The Morgan fingerprint density at radius 3 is 2.52 bits per heavy atom. The normalized spacial score (nSPS) is 12.3. The molecule has 2 rings (SSSR count). The second-order valence-electron chi connectivity index (χ2n) is 5.76. The molecule has 1 aromatic carbocycles. The molecule has 1 atom stereocenters. The van der Waals surface area contributed by atoms with Crippen LogP contribution < -0.4 is 11.1 Å². The van der Waals surface area contributed by atoms with Crippen LogP contribution in [0.3, 0.4) is 0 Å². The maximum atomic E-state index is 12.3. The van der Waals surface area contributed by atoms with Crippen molar-refractivity contribution in [2.45, 2.75) is 32.7 Å². The lowest BCUT2D eigenvalue weighted by Gasteiger charge is -2.18. The highest BCUT2D eigenvalue weighted by Gasteiger charge is 2.22. The van der Waals surface area contributed by atoms with Crippen LogP contribution in [0, 0.1) is 5.92 Å². The summed E-state index contributed by atoms with van der Waals surface area (Å²) in [4.78, 5) is 35.5. The molecule has 0 aliphatic heterocycles. The van der Waals surface area contributed by atoms with Gasteiger partial charge in [-0.05, 0) is 12.0 Å². The zero-order valence-corrected chi connectivity index (χ0v) is 14.0. The number of Topliss-reactive ketones (excluding diaryl/α,β-unsaturated/α-hetero) is 1. The lowest BCUT2D eigenvalue weighted by molar-refractivity contribution is -0.128. The smallest absolute Gasteiger partial charge is 0.240 e. The monoisotopic (exact) mass is 332 g/mol. The van der Waals surface area contributed by atoms with Gasteiger partial charge in [0, 0.05) is 33.9 Å². The molecule has 1 heterocycles. The number of nitrogens with two attached hydrogens (primary N) is 1. The van der Waals surface area contributed by atoms with Crippen molar-refractivity contribution < 1.29 is 14.4 Å². The molecule has 2 aromatic rings. The number of ketones is 1. The Hall–Kier alpha value is -2.21. The van der Waals surface area contributed by atoms with E-state index in [-0.39, 0.29) is 30.4 Å². The minimum Gasteiger partial charge on any atom is -0.368 e. The van der Waals surface area contributed by atoms with Gasteiger partial charge in [0.25, 0.3) is 0 Å². The highest BCUT2D eigenvalue weighted by Crippen LogP contribution is 2.26. The maximum Gasteiger partial charge on any atom is 0.240 e. The first-order valence-corrected chi connectivity index (χ1v) is 8.36. The fourth-order valence-electron chi connectivity index (χ4n) is 2.37. The van der Waals surface area contributed by atoms with Crippen LogP contribution in [-0.4, -0.2) is 23.6 Å². The molecule has 5 nitrogen and oxygen atoms in total.